The molecule has 0 bridgehead atoms. The van der Waals surface area contributed by atoms with Gasteiger partial charge in [-0.2, -0.15) is 0 Å². The standard InChI is InChI=1S/C29H29N3O5/c1-17-22(16-24(35-3)26(37-5)25(17)36-4)29(14-15-29)28(34)31-19-10-12-20(13-11-19)32-18(2)30-23-9-7-6-8-21(23)27(32)33/h6-13,16H,14-15H2,1-5H3,(H,31,34). The monoisotopic (exact) mass is 499 g/mol. The highest BCUT2D eigenvalue weighted by Gasteiger charge is 2.53. The first kappa shape index (κ1) is 24.4. The number of hydrogen-bond donors (Lipinski definition) is 1. The number of para-hydroxylation sites is 1. The van der Waals surface area contributed by atoms with Gasteiger partial charge in [0.2, 0.25) is 11.7 Å². The molecule has 8 nitrogen and oxygen atoms in total. The first-order chi connectivity index (χ1) is 17.8. The number of ether oxygens (including phenoxy) is 3. The van der Waals surface area contributed by atoms with Gasteiger partial charge in [-0.25, -0.2) is 4.98 Å². The van der Waals surface area contributed by atoms with E-state index < -0.39 is 5.41 Å². The second-order valence-corrected chi connectivity index (χ2v) is 9.22. The van der Waals surface area contributed by atoms with E-state index >= 15 is 0 Å². The molecule has 5 rings (SSSR count). The Hall–Kier alpha value is -4.33. The van der Waals surface area contributed by atoms with Crippen LogP contribution in [0.5, 0.6) is 17.2 Å². The van der Waals surface area contributed by atoms with Crippen LogP contribution in [0.15, 0.2) is 59.4 Å². The Labute approximate surface area is 214 Å². The lowest BCUT2D eigenvalue weighted by molar-refractivity contribution is -0.118. The lowest BCUT2D eigenvalue weighted by atomic mass is 9.89. The van der Waals surface area contributed by atoms with Crippen molar-refractivity contribution in [2.24, 2.45) is 0 Å². The fourth-order valence-electron chi connectivity index (χ4n) is 5.03. The largest absolute Gasteiger partial charge is 0.493 e. The van der Waals surface area contributed by atoms with Crippen molar-refractivity contribution < 1.29 is 19.0 Å². The SMILES string of the molecule is COc1cc(C2(C(=O)Nc3ccc(-n4c(C)nc5ccccc5c4=O)cc3)CC2)c(C)c(OC)c1OC. The molecule has 0 spiro atoms. The summed E-state index contributed by atoms with van der Waals surface area (Å²) < 4.78 is 18.2. The first-order valence-electron chi connectivity index (χ1n) is 12.0. The average Bonchev–Trinajstić information content (AvgIpc) is 3.71. The van der Waals surface area contributed by atoms with Crippen LogP contribution in [0.2, 0.25) is 0 Å². The number of hydrogen-bond acceptors (Lipinski definition) is 6. The third kappa shape index (κ3) is 3.98. The maximum absolute atomic E-state index is 13.5. The smallest absolute Gasteiger partial charge is 0.265 e. The molecule has 190 valence electrons. The fraction of sp³-hybridized carbons (Fsp3) is 0.276. The second-order valence-electron chi connectivity index (χ2n) is 9.22. The minimum Gasteiger partial charge on any atom is -0.493 e. The van der Waals surface area contributed by atoms with Gasteiger partial charge in [0.05, 0.1) is 43.3 Å². The molecule has 1 aliphatic rings. The molecule has 1 aliphatic carbocycles. The highest BCUT2D eigenvalue weighted by atomic mass is 16.5. The van der Waals surface area contributed by atoms with Crippen molar-refractivity contribution in [3.8, 4) is 22.9 Å². The number of carbonyl (C=O) groups excluding carboxylic acids is 1. The van der Waals surface area contributed by atoms with Crippen LogP contribution in [0.25, 0.3) is 16.6 Å². The highest BCUT2D eigenvalue weighted by molar-refractivity contribution is 6.02. The van der Waals surface area contributed by atoms with Crippen molar-refractivity contribution in [1.82, 2.24) is 9.55 Å². The molecule has 1 N–H and O–H groups in total. The summed E-state index contributed by atoms with van der Waals surface area (Å²) in [5.41, 5.74) is 2.90. The first-order valence-corrected chi connectivity index (χ1v) is 12.0. The molecule has 0 saturated heterocycles. The average molecular weight is 500 g/mol. The van der Waals surface area contributed by atoms with E-state index in [1.165, 1.54) is 0 Å². The predicted molar refractivity (Wildman–Crippen MR) is 142 cm³/mol. The van der Waals surface area contributed by atoms with Gasteiger partial charge in [0.1, 0.15) is 5.82 Å². The summed E-state index contributed by atoms with van der Waals surface area (Å²) in [4.78, 5) is 31.2. The van der Waals surface area contributed by atoms with E-state index in [4.69, 9.17) is 14.2 Å². The summed E-state index contributed by atoms with van der Waals surface area (Å²) in [6.07, 6.45) is 1.43. The number of aryl methyl sites for hydroxylation is 1. The van der Waals surface area contributed by atoms with E-state index in [0.717, 1.165) is 11.1 Å². The number of benzene rings is 3. The third-order valence-corrected chi connectivity index (χ3v) is 7.11. The molecule has 3 aromatic carbocycles. The quantitative estimate of drug-likeness (QED) is 0.396. The lowest BCUT2D eigenvalue weighted by Crippen LogP contribution is -2.29. The number of nitrogens with zero attached hydrogens (tertiary/aromatic N) is 2. The molecule has 4 aromatic rings. The number of amides is 1. The Bertz CT molecular complexity index is 1570. The van der Waals surface area contributed by atoms with Crippen molar-refractivity contribution in [3.63, 3.8) is 0 Å². The summed E-state index contributed by atoms with van der Waals surface area (Å²) in [5, 5.41) is 3.61. The Balaban J connectivity index is 1.44. The van der Waals surface area contributed by atoms with Crippen LogP contribution in [0, 0.1) is 13.8 Å². The number of aromatic nitrogens is 2. The molecular formula is C29H29N3O5. The van der Waals surface area contributed by atoms with Crippen molar-refractivity contribution in [2.45, 2.75) is 32.1 Å². The van der Waals surface area contributed by atoms with Crippen LogP contribution in [0.4, 0.5) is 5.69 Å². The maximum atomic E-state index is 13.5. The molecule has 1 amide bonds. The zero-order valence-corrected chi connectivity index (χ0v) is 21.5. The van der Waals surface area contributed by atoms with Gasteiger partial charge < -0.3 is 19.5 Å². The maximum Gasteiger partial charge on any atom is 0.265 e. The predicted octanol–water partition coefficient (Wildman–Crippen LogP) is 4.70. The number of nitrogens with one attached hydrogen (secondary N) is 1. The minimum absolute atomic E-state index is 0.0988. The zero-order chi connectivity index (χ0) is 26.3. The Morgan fingerprint density at radius 2 is 1.62 bits per heavy atom. The van der Waals surface area contributed by atoms with E-state index in [1.54, 1.807) is 51.0 Å². The summed E-state index contributed by atoms with van der Waals surface area (Å²) in [7, 11) is 4.70. The molecule has 1 saturated carbocycles. The van der Waals surface area contributed by atoms with Crippen LogP contribution < -0.4 is 25.1 Å². The molecule has 0 unspecified atom stereocenters. The van der Waals surface area contributed by atoms with Crippen LogP contribution >= 0.6 is 0 Å². The number of methoxy groups -OCH3 is 3. The third-order valence-electron chi connectivity index (χ3n) is 7.11. The molecular weight excluding hydrogens is 470 g/mol. The van der Waals surface area contributed by atoms with Gasteiger partial charge in [0, 0.05) is 5.69 Å². The van der Waals surface area contributed by atoms with Gasteiger partial charge in [0.15, 0.2) is 11.5 Å². The van der Waals surface area contributed by atoms with Crippen LogP contribution in [-0.2, 0) is 10.2 Å². The molecule has 1 fully saturated rings. The number of anilines is 1. The lowest BCUT2D eigenvalue weighted by Gasteiger charge is -2.23. The van der Waals surface area contributed by atoms with Gasteiger partial charge >= 0.3 is 0 Å². The summed E-state index contributed by atoms with van der Waals surface area (Å²) in [6.45, 7) is 3.73. The van der Waals surface area contributed by atoms with Gasteiger partial charge in [-0.15, -0.1) is 0 Å². The van der Waals surface area contributed by atoms with Gasteiger partial charge in [-0.05, 0) is 80.3 Å². The summed E-state index contributed by atoms with van der Waals surface area (Å²) in [5.74, 6) is 2.08. The van der Waals surface area contributed by atoms with Crippen LogP contribution in [0.1, 0.15) is 29.8 Å². The normalized spacial score (nSPS) is 13.8. The zero-order valence-electron chi connectivity index (χ0n) is 21.5. The molecule has 1 aromatic heterocycles. The van der Waals surface area contributed by atoms with Gasteiger partial charge in [-0.1, -0.05) is 12.1 Å². The van der Waals surface area contributed by atoms with Crippen LogP contribution in [0.3, 0.4) is 0 Å². The molecule has 1 heterocycles. The molecule has 37 heavy (non-hydrogen) atoms. The van der Waals surface area contributed by atoms with Crippen LogP contribution in [-0.4, -0.2) is 36.8 Å². The number of fused-ring (bicyclic) bond motifs is 1. The highest BCUT2D eigenvalue weighted by Crippen LogP contribution is 2.54. The van der Waals surface area contributed by atoms with Crippen molar-refractivity contribution in [1.29, 1.82) is 0 Å². The van der Waals surface area contributed by atoms with E-state index in [2.05, 4.69) is 10.3 Å². The number of carbonyl (C=O) groups is 1. The molecule has 0 radical (unpaired) electrons. The molecule has 0 atom stereocenters. The van der Waals surface area contributed by atoms with E-state index in [1.807, 2.05) is 43.3 Å². The summed E-state index contributed by atoms with van der Waals surface area (Å²) in [6, 6.07) is 16.4. The Kier molecular flexibility index (Phi) is 6.11. The summed E-state index contributed by atoms with van der Waals surface area (Å²) >= 11 is 0. The van der Waals surface area contributed by atoms with E-state index in [9.17, 15) is 9.59 Å². The Morgan fingerprint density at radius 3 is 2.24 bits per heavy atom. The van der Waals surface area contributed by atoms with Crippen molar-refractivity contribution in [2.75, 3.05) is 26.6 Å². The van der Waals surface area contributed by atoms with Gasteiger partial charge in [0.25, 0.3) is 5.56 Å². The van der Waals surface area contributed by atoms with E-state index in [0.29, 0.717) is 58.2 Å². The van der Waals surface area contributed by atoms with Crippen molar-refractivity contribution in [3.05, 3.63) is 81.9 Å². The number of rotatable bonds is 7. The fourth-order valence-corrected chi connectivity index (χ4v) is 5.03. The topological polar surface area (TPSA) is 91.7 Å². The van der Waals surface area contributed by atoms with Gasteiger partial charge in [-0.3, -0.25) is 14.2 Å². The van der Waals surface area contributed by atoms with Crippen molar-refractivity contribution >= 4 is 22.5 Å². The molecule has 8 heteroatoms. The minimum atomic E-state index is -0.675. The van der Waals surface area contributed by atoms with E-state index in [-0.39, 0.29) is 11.5 Å². The second kappa shape index (κ2) is 9.28. The Morgan fingerprint density at radius 1 is 0.946 bits per heavy atom. The molecule has 0 aliphatic heterocycles.